The largest absolute Gasteiger partial charge is 0.497 e. The van der Waals surface area contributed by atoms with Gasteiger partial charge >= 0.3 is 11.1 Å². The average Bonchev–Trinajstić information content (AvgIpc) is 3.09. The van der Waals surface area contributed by atoms with Crippen LogP contribution >= 0.6 is 11.8 Å². The second-order valence-corrected chi connectivity index (χ2v) is 8.34. The van der Waals surface area contributed by atoms with Crippen LogP contribution in [0.1, 0.15) is 26.3 Å². The van der Waals surface area contributed by atoms with Crippen molar-refractivity contribution in [2.24, 2.45) is 0 Å². The van der Waals surface area contributed by atoms with Gasteiger partial charge in [-0.05, 0) is 59.1 Å². The fourth-order valence-corrected chi connectivity index (χ4v) is 3.50. The minimum Gasteiger partial charge on any atom is -0.497 e. The first-order chi connectivity index (χ1) is 13.3. The van der Waals surface area contributed by atoms with Gasteiger partial charge in [0.2, 0.25) is 0 Å². The molecular weight excluding hydrogens is 374 g/mol. The van der Waals surface area contributed by atoms with E-state index in [1.54, 1.807) is 7.11 Å². The number of thioether (sulfide) groups is 1. The third-order valence-corrected chi connectivity index (χ3v) is 5.28. The number of hydrogen-bond acceptors (Lipinski definition) is 4. The van der Waals surface area contributed by atoms with E-state index in [0.717, 1.165) is 22.8 Å². The highest BCUT2D eigenvalue weighted by molar-refractivity contribution is 7.99. The Morgan fingerprint density at radius 3 is 2.32 bits per heavy atom. The topological polar surface area (TPSA) is 79.1 Å². The molecule has 7 heteroatoms. The number of hydrogen-bond donors (Lipinski definition) is 2. The minimum absolute atomic E-state index is 0.0661. The Kier molecular flexibility index (Phi) is 5.74. The molecule has 0 fully saturated rings. The highest BCUT2D eigenvalue weighted by atomic mass is 32.2. The normalized spacial score (nSPS) is 11.4. The number of H-pyrrole nitrogens is 1. The van der Waals surface area contributed by atoms with Gasteiger partial charge in [0.05, 0.1) is 17.8 Å². The lowest BCUT2D eigenvalue weighted by molar-refractivity contribution is -0.625. The van der Waals surface area contributed by atoms with Crippen molar-refractivity contribution in [2.45, 2.75) is 31.3 Å². The standard InChI is InChI=1S/C21H23N3O3S/c1-21(2,3)15-7-5-14(6-8-15)19-22-23-20(28-13-18(25)26)24(19)16-9-11-17(27-4)12-10-16/h5-12H,13H2,1-4H3,(H,25,26)/p+1. The van der Waals surface area contributed by atoms with Crippen molar-refractivity contribution >= 4 is 17.7 Å². The Bertz CT molecular complexity index is 958. The first-order valence-corrected chi connectivity index (χ1v) is 9.88. The molecule has 0 aliphatic carbocycles. The molecular formula is C21H24N3O3S+. The van der Waals surface area contributed by atoms with Crippen molar-refractivity contribution in [3.05, 3.63) is 54.1 Å². The van der Waals surface area contributed by atoms with Crippen LogP contribution in [0.5, 0.6) is 5.75 Å². The summed E-state index contributed by atoms with van der Waals surface area (Å²) >= 11 is 1.17. The van der Waals surface area contributed by atoms with Gasteiger partial charge in [0.25, 0.3) is 5.82 Å². The summed E-state index contributed by atoms with van der Waals surface area (Å²) in [5.74, 6) is 0.594. The molecule has 2 N–H and O–H groups in total. The van der Waals surface area contributed by atoms with E-state index in [9.17, 15) is 4.79 Å². The van der Waals surface area contributed by atoms with E-state index in [1.165, 1.54) is 17.3 Å². The number of carboxylic acids is 1. The van der Waals surface area contributed by atoms with Crippen molar-refractivity contribution in [1.82, 2.24) is 10.2 Å². The maximum atomic E-state index is 11.0. The van der Waals surface area contributed by atoms with E-state index in [-0.39, 0.29) is 11.2 Å². The zero-order chi connectivity index (χ0) is 20.3. The van der Waals surface area contributed by atoms with Gasteiger partial charge in [-0.2, -0.15) is 4.57 Å². The summed E-state index contributed by atoms with van der Waals surface area (Å²) in [7, 11) is 1.62. The zero-order valence-corrected chi connectivity index (χ0v) is 17.2. The lowest BCUT2D eigenvalue weighted by Gasteiger charge is -2.18. The zero-order valence-electron chi connectivity index (χ0n) is 16.4. The number of aromatic nitrogens is 3. The molecule has 0 aliphatic heterocycles. The van der Waals surface area contributed by atoms with Crippen molar-refractivity contribution in [3.63, 3.8) is 0 Å². The molecule has 146 valence electrons. The third kappa shape index (κ3) is 4.36. The molecule has 0 atom stereocenters. The Morgan fingerprint density at radius 1 is 1.14 bits per heavy atom. The van der Waals surface area contributed by atoms with E-state index in [1.807, 2.05) is 28.8 Å². The molecule has 0 saturated heterocycles. The van der Waals surface area contributed by atoms with Gasteiger partial charge in [-0.15, -0.1) is 5.10 Å². The van der Waals surface area contributed by atoms with Gasteiger partial charge in [0.1, 0.15) is 17.2 Å². The number of carbonyl (C=O) groups is 1. The molecule has 0 amide bonds. The molecule has 0 unspecified atom stereocenters. The summed E-state index contributed by atoms with van der Waals surface area (Å²) < 4.78 is 7.17. The SMILES string of the molecule is COc1ccc(-[n+]2c(SCC(=O)O)n[nH]c2-c2ccc(C(C)(C)C)cc2)cc1. The molecule has 0 saturated carbocycles. The molecule has 28 heavy (non-hydrogen) atoms. The molecule has 6 nitrogen and oxygen atoms in total. The fourth-order valence-electron chi connectivity index (χ4n) is 2.81. The second kappa shape index (κ2) is 8.06. The fraction of sp³-hybridized carbons (Fsp3) is 0.286. The summed E-state index contributed by atoms with van der Waals surface area (Å²) in [5, 5.41) is 17.1. The van der Waals surface area contributed by atoms with Crippen LogP contribution in [-0.2, 0) is 10.2 Å². The van der Waals surface area contributed by atoms with Crippen molar-refractivity contribution in [2.75, 3.05) is 12.9 Å². The molecule has 3 rings (SSSR count). The number of carboxylic acid groups (broad SMARTS) is 1. The Balaban J connectivity index is 2.06. The summed E-state index contributed by atoms with van der Waals surface area (Å²) in [6, 6.07) is 15.9. The molecule has 0 aliphatic rings. The Labute approximate surface area is 168 Å². The Hall–Kier alpha value is -2.80. The van der Waals surface area contributed by atoms with Gasteiger partial charge in [-0.1, -0.05) is 32.9 Å². The predicted molar refractivity (Wildman–Crippen MR) is 109 cm³/mol. The van der Waals surface area contributed by atoms with E-state index in [0.29, 0.717) is 5.16 Å². The maximum absolute atomic E-state index is 11.0. The lowest BCUT2D eigenvalue weighted by Crippen LogP contribution is -2.34. The number of aromatic amines is 1. The van der Waals surface area contributed by atoms with Crippen molar-refractivity contribution in [1.29, 1.82) is 0 Å². The van der Waals surface area contributed by atoms with Crippen LogP contribution < -0.4 is 9.30 Å². The van der Waals surface area contributed by atoms with Crippen molar-refractivity contribution in [3.8, 4) is 22.8 Å². The van der Waals surface area contributed by atoms with Gasteiger partial charge in [-0.3, -0.25) is 4.79 Å². The van der Waals surface area contributed by atoms with Gasteiger partial charge in [-0.25, -0.2) is 0 Å². The molecule has 3 aromatic rings. The summed E-state index contributed by atoms with van der Waals surface area (Å²) in [4.78, 5) is 11.0. The van der Waals surface area contributed by atoms with E-state index in [2.05, 4.69) is 55.2 Å². The van der Waals surface area contributed by atoms with Crippen LogP contribution in [0.15, 0.2) is 53.7 Å². The molecule has 2 aromatic carbocycles. The smallest absolute Gasteiger partial charge is 0.342 e. The first-order valence-electron chi connectivity index (χ1n) is 8.90. The van der Waals surface area contributed by atoms with Crippen LogP contribution in [0, 0.1) is 0 Å². The number of nitrogens with zero attached hydrogens (tertiary/aromatic N) is 2. The van der Waals surface area contributed by atoms with E-state index in [4.69, 9.17) is 9.84 Å². The predicted octanol–water partition coefficient (Wildman–Crippen LogP) is 3.84. The first kappa shape index (κ1) is 19.9. The van der Waals surface area contributed by atoms with Gasteiger partial charge < -0.3 is 9.84 Å². The number of aliphatic carboxylic acids is 1. The highest BCUT2D eigenvalue weighted by Gasteiger charge is 2.25. The van der Waals surface area contributed by atoms with Crippen LogP contribution in [-0.4, -0.2) is 34.1 Å². The summed E-state index contributed by atoms with van der Waals surface area (Å²) in [6.07, 6.45) is 0. The number of methoxy groups -OCH3 is 1. The molecule has 1 aromatic heterocycles. The third-order valence-electron chi connectivity index (χ3n) is 4.35. The number of benzene rings is 2. The molecule has 0 spiro atoms. The van der Waals surface area contributed by atoms with Crippen LogP contribution in [0.25, 0.3) is 17.1 Å². The summed E-state index contributed by atoms with van der Waals surface area (Å²) in [5.41, 5.74) is 3.16. The lowest BCUT2D eigenvalue weighted by atomic mass is 9.87. The molecule has 1 heterocycles. The van der Waals surface area contributed by atoms with Crippen LogP contribution in [0.4, 0.5) is 0 Å². The molecule has 0 radical (unpaired) electrons. The second-order valence-electron chi connectivity index (χ2n) is 7.40. The Morgan fingerprint density at radius 2 is 1.79 bits per heavy atom. The van der Waals surface area contributed by atoms with Crippen LogP contribution in [0.3, 0.4) is 0 Å². The minimum atomic E-state index is -0.884. The number of ether oxygens (including phenoxy) is 1. The number of nitrogens with one attached hydrogen (secondary N) is 1. The maximum Gasteiger partial charge on any atom is 0.342 e. The summed E-state index contributed by atoms with van der Waals surface area (Å²) in [6.45, 7) is 6.53. The van der Waals surface area contributed by atoms with Crippen LogP contribution in [0.2, 0.25) is 0 Å². The van der Waals surface area contributed by atoms with E-state index >= 15 is 0 Å². The van der Waals surface area contributed by atoms with E-state index < -0.39 is 5.97 Å². The van der Waals surface area contributed by atoms with Gasteiger partial charge in [0, 0.05) is 0 Å². The monoisotopic (exact) mass is 398 g/mol. The highest BCUT2D eigenvalue weighted by Crippen LogP contribution is 2.26. The number of rotatable bonds is 6. The molecule has 0 bridgehead atoms. The van der Waals surface area contributed by atoms with Gasteiger partial charge in [0.15, 0.2) is 0 Å². The average molecular weight is 399 g/mol. The van der Waals surface area contributed by atoms with Crippen molar-refractivity contribution < 1.29 is 19.2 Å². The quantitative estimate of drug-likeness (QED) is 0.487.